The third-order valence-electron chi connectivity index (χ3n) is 3.07. The maximum atomic E-state index is 5.86. The maximum Gasteiger partial charge on any atom is 0.214 e. The molecule has 0 bridgehead atoms. The fourth-order valence-electron chi connectivity index (χ4n) is 1.87. The van der Waals surface area contributed by atoms with Crippen molar-refractivity contribution >= 4 is 0 Å². The first-order valence-electron chi connectivity index (χ1n) is 7.56. The zero-order chi connectivity index (χ0) is 14.1. The van der Waals surface area contributed by atoms with Crippen LogP contribution in [0.15, 0.2) is 12.1 Å². The van der Waals surface area contributed by atoms with Gasteiger partial charge in [0.05, 0.1) is 6.10 Å². The molecule has 3 nitrogen and oxygen atoms in total. The molecule has 3 heteroatoms. The number of pyridine rings is 1. The molecule has 1 aromatic heterocycles. The van der Waals surface area contributed by atoms with Gasteiger partial charge in [-0.1, -0.05) is 27.2 Å². The van der Waals surface area contributed by atoms with Crippen LogP contribution >= 0.6 is 0 Å². The van der Waals surface area contributed by atoms with E-state index in [0.29, 0.717) is 0 Å². The first-order valence-corrected chi connectivity index (χ1v) is 7.56. The summed E-state index contributed by atoms with van der Waals surface area (Å²) in [4.78, 5) is 4.59. The van der Waals surface area contributed by atoms with E-state index >= 15 is 0 Å². The van der Waals surface area contributed by atoms with Gasteiger partial charge in [-0.2, -0.15) is 0 Å². The van der Waals surface area contributed by atoms with Crippen molar-refractivity contribution in [2.45, 2.75) is 66.0 Å². The highest BCUT2D eigenvalue weighted by Crippen LogP contribution is 2.16. The molecule has 0 fully saturated rings. The zero-order valence-electron chi connectivity index (χ0n) is 12.8. The summed E-state index contributed by atoms with van der Waals surface area (Å²) in [6, 6.07) is 4.25. The molecule has 0 saturated carbocycles. The zero-order valence-corrected chi connectivity index (χ0v) is 12.8. The first kappa shape index (κ1) is 16.0. The third-order valence-corrected chi connectivity index (χ3v) is 3.07. The lowest BCUT2D eigenvalue weighted by atomic mass is 10.1. The van der Waals surface area contributed by atoms with E-state index < -0.39 is 0 Å². The van der Waals surface area contributed by atoms with Crippen LogP contribution in [0, 0.1) is 0 Å². The predicted molar refractivity (Wildman–Crippen MR) is 80.6 cm³/mol. The average molecular weight is 264 g/mol. The van der Waals surface area contributed by atoms with Gasteiger partial charge in [0, 0.05) is 18.3 Å². The Kier molecular flexibility index (Phi) is 7.49. The summed E-state index contributed by atoms with van der Waals surface area (Å²) in [7, 11) is 0. The van der Waals surface area contributed by atoms with Crippen molar-refractivity contribution in [3.63, 3.8) is 0 Å². The number of aryl methyl sites for hydroxylation is 1. The van der Waals surface area contributed by atoms with Gasteiger partial charge in [0.25, 0.3) is 0 Å². The molecule has 0 spiro atoms. The van der Waals surface area contributed by atoms with Crippen molar-refractivity contribution in [2.75, 3.05) is 6.54 Å². The number of nitrogens with zero attached hydrogens (tertiary/aromatic N) is 1. The Balaban J connectivity index is 2.77. The van der Waals surface area contributed by atoms with Gasteiger partial charge in [-0.3, -0.25) is 0 Å². The Morgan fingerprint density at radius 2 is 2.00 bits per heavy atom. The molecule has 0 radical (unpaired) electrons. The highest BCUT2D eigenvalue weighted by atomic mass is 16.5. The van der Waals surface area contributed by atoms with Gasteiger partial charge >= 0.3 is 0 Å². The van der Waals surface area contributed by atoms with Crippen molar-refractivity contribution in [1.82, 2.24) is 10.3 Å². The Bertz CT molecular complexity index is 366. The largest absolute Gasteiger partial charge is 0.475 e. The summed E-state index contributed by atoms with van der Waals surface area (Å²) in [5.74, 6) is 0.772. The van der Waals surface area contributed by atoms with E-state index in [0.717, 1.165) is 50.3 Å². The molecular formula is C16H28N2O. The smallest absolute Gasteiger partial charge is 0.214 e. The maximum absolute atomic E-state index is 5.86. The van der Waals surface area contributed by atoms with Crippen LogP contribution in [0.5, 0.6) is 5.88 Å². The highest BCUT2D eigenvalue weighted by molar-refractivity contribution is 5.25. The molecule has 1 unspecified atom stereocenters. The summed E-state index contributed by atoms with van der Waals surface area (Å²) in [6.07, 6.45) is 4.51. The number of aromatic nitrogens is 1. The van der Waals surface area contributed by atoms with E-state index in [2.05, 4.69) is 50.1 Å². The summed E-state index contributed by atoms with van der Waals surface area (Å²) in [5.41, 5.74) is 2.40. The van der Waals surface area contributed by atoms with Gasteiger partial charge in [0.15, 0.2) is 0 Å². The lowest BCUT2D eigenvalue weighted by Crippen LogP contribution is -2.15. The Labute approximate surface area is 117 Å². The van der Waals surface area contributed by atoms with Crippen molar-refractivity contribution < 1.29 is 4.74 Å². The molecule has 1 N–H and O–H groups in total. The van der Waals surface area contributed by atoms with Crippen LogP contribution in [0.4, 0.5) is 0 Å². The number of nitrogens with one attached hydrogen (secondary N) is 1. The molecule has 108 valence electrons. The van der Waals surface area contributed by atoms with Gasteiger partial charge in [-0.25, -0.2) is 4.98 Å². The standard InChI is InChI=1S/C16H28N2O/c1-5-8-15-10-14(12-17-9-6-2)11-16(18-15)19-13(4)7-3/h10-11,13,17H,5-9,12H2,1-4H3. The topological polar surface area (TPSA) is 34.2 Å². The average Bonchev–Trinajstić information content (AvgIpc) is 2.39. The van der Waals surface area contributed by atoms with Crippen LogP contribution in [-0.4, -0.2) is 17.6 Å². The molecule has 0 amide bonds. The molecule has 0 saturated heterocycles. The first-order chi connectivity index (χ1) is 9.19. The Morgan fingerprint density at radius 3 is 2.63 bits per heavy atom. The number of ether oxygens (including phenoxy) is 1. The fourth-order valence-corrected chi connectivity index (χ4v) is 1.87. The number of hydrogen-bond acceptors (Lipinski definition) is 3. The molecule has 1 aromatic rings. The second kappa shape index (κ2) is 8.92. The molecule has 0 aliphatic rings. The normalized spacial score (nSPS) is 12.4. The molecule has 0 aliphatic heterocycles. The predicted octanol–water partition coefficient (Wildman–Crippen LogP) is 3.71. The van der Waals surface area contributed by atoms with E-state index in [4.69, 9.17) is 4.74 Å². The van der Waals surface area contributed by atoms with Gasteiger partial charge in [-0.05, 0) is 44.4 Å². The van der Waals surface area contributed by atoms with Gasteiger partial charge in [0.2, 0.25) is 5.88 Å². The Morgan fingerprint density at radius 1 is 1.21 bits per heavy atom. The minimum atomic E-state index is 0.223. The Hall–Kier alpha value is -1.09. The van der Waals surface area contributed by atoms with E-state index in [1.807, 2.05) is 0 Å². The van der Waals surface area contributed by atoms with Crippen LogP contribution in [-0.2, 0) is 13.0 Å². The van der Waals surface area contributed by atoms with Crippen LogP contribution < -0.4 is 10.1 Å². The SMILES string of the molecule is CCCNCc1cc(CCC)nc(OC(C)CC)c1. The molecule has 0 aliphatic carbocycles. The van der Waals surface area contributed by atoms with Crippen molar-refractivity contribution in [3.05, 3.63) is 23.4 Å². The van der Waals surface area contributed by atoms with Gasteiger partial charge in [0.1, 0.15) is 0 Å². The molecule has 1 rings (SSSR count). The number of rotatable bonds is 9. The molecule has 19 heavy (non-hydrogen) atoms. The molecular weight excluding hydrogens is 236 g/mol. The van der Waals surface area contributed by atoms with E-state index in [1.165, 1.54) is 5.56 Å². The van der Waals surface area contributed by atoms with Crippen molar-refractivity contribution in [2.24, 2.45) is 0 Å². The van der Waals surface area contributed by atoms with E-state index in [1.54, 1.807) is 0 Å². The lowest BCUT2D eigenvalue weighted by molar-refractivity contribution is 0.208. The van der Waals surface area contributed by atoms with Gasteiger partial charge < -0.3 is 10.1 Å². The van der Waals surface area contributed by atoms with Crippen molar-refractivity contribution in [3.8, 4) is 5.88 Å². The number of hydrogen-bond donors (Lipinski definition) is 1. The summed E-state index contributed by atoms with van der Waals surface area (Å²) >= 11 is 0. The summed E-state index contributed by atoms with van der Waals surface area (Å²) < 4.78 is 5.86. The van der Waals surface area contributed by atoms with E-state index in [-0.39, 0.29) is 6.10 Å². The lowest BCUT2D eigenvalue weighted by Gasteiger charge is -2.14. The minimum Gasteiger partial charge on any atom is -0.475 e. The summed E-state index contributed by atoms with van der Waals surface area (Å²) in [5, 5.41) is 3.43. The molecule has 0 aromatic carbocycles. The van der Waals surface area contributed by atoms with E-state index in [9.17, 15) is 0 Å². The van der Waals surface area contributed by atoms with Crippen molar-refractivity contribution in [1.29, 1.82) is 0 Å². The van der Waals surface area contributed by atoms with Crippen LogP contribution in [0.1, 0.15) is 58.2 Å². The molecule has 1 heterocycles. The minimum absolute atomic E-state index is 0.223. The van der Waals surface area contributed by atoms with Crippen LogP contribution in [0.3, 0.4) is 0 Å². The van der Waals surface area contributed by atoms with Crippen LogP contribution in [0.25, 0.3) is 0 Å². The second-order valence-electron chi connectivity index (χ2n) is 5.07. The molecule has 1 atom stereocenters. The quantitative estimate of drug-likeness (QED) is 0.690. The highest BCUT2D eigenvalue weighted by Gasteiger charge is 2.06. The summed E-state index contributed by atoms with van der Waals surface area (Å²) in [6.45, 7) is 10.5. The van der Waals surface area contributed by atoms with Gasteiger partial charge in [-0.15, -0.1) is 0 Å². The second-order valence-corrected chi connectivity index (χ2v) is 5.07. The third kappa shape index (κ3) is 6.06. The monoisotopic (exact) mass is 264 g/mol. The fraction of sp³-hybridized carbons (Fsp3) is 0.688. The van der Waals surface area contributed by atoms with Crippen LogP contribution in [0.2, 0.25) is 0 Å².